The SMILES string of the molecule is c1ccc(CCN2CCN(Cc3cccc4c3OCO4)CC2)cc1. The van der Waals surface area contributed by atoms with Gasteiger partial charge in [-0.2, -0.15) is 0 Å². The van der Waals surface area contributed by atoms with Crippen molar-refractivity contribution in [1.29, 1.82) is 0 Å². The van der Waals surface area contributed by atoms with Gasteiger partial charge in [-0.05, 0) is 18.1 Å². The largest absolute Gasteiger partial charge is 0.454 e. The van der Waals surface area contributed by atoms with Crippen molar-refractivity contribution in [3.63, 3.8) is 0 Å². The van der Waals surface area contributed by atoms with Gasteiger partial charge in [-0.15, -0.1) is 0 Å². The van der Waals surface area contributed by atoms with Crippen molar-refractivity contribution in [2.75, 3.05) is 39.5 Å². The lowest BCUT2D eigenvalue weighted by Gasteiger charge is -2.34. The molecular weight excluding hydrogens is 300 g/mol. The second-order valence-electron chi connectivity index (χ2n) is 6.50. The van der Waals surface area contributed by atoms with Crippen LogP contribution < -0.4 is 9.47 Å². The maximum absolute atomic E-state index is 5.62. The minimum absolute atomic E-state index is 0.347. The molecule has 0 radical (unpaired) electrons. The number of piperazine rings is 1. The van der Waals surface area contributed by atoms with Gasteiger partial charge in [0.25, 0.3) is 0 Å². The Hall–Kier alpha value is -2.04. The van der Waals surface area contributed by atoms with Crippen molar-refractivity contribution in [3.8, 4) is 11.5 Å². The summed E-state index contributed by atoms with van der Waals surface area (Å²) >= 11 is 0. The standard InChI is InChI=1S/C20H24N2O2/c1-2-5-17(6-3-1)9-10-21-11-13-22(14-12-21)15-18-7-4-8-19-20(18)24-16-23-19/h1-8H,9-16H2. The van der Waals surface area contributed by atoms with Crippen LogP contribution in [0.25, 0.3) is 0 Å². The quantitative estimate of drug-likeness (QED) is 0.844. The highest BCUT2D eigenvalue weighted by molar-refractivity contribution is 5.48. The summed E-state index contributed by atoms with van der Waals surface area (Å²) < 4.78 is 11.1. The number of fused-ring (bicyclic) bond motifs is 1. The number of ether oxygens (including phenoxy) is 2. The molecule has 126 valence electrons. The minimum Gasteiger partial charge on any atom is -0.454 e. The Morgan fingerprint density at radius 2 is 1.58 bits per heavy atom. The Kier molecular flexibility index (Phi) is 4.67. The molecule has 1 fully saturated rings. The zero-order valence-corrected chi connectivity index (χ0v) is 14.0. The summed E-state index contributed by atoms with van der Waals surface area (Å²) in [7, 11) is 0. The van der Waals surface area contributed by atoms with Crippen LogP contribution in [0.1, 0.15) is 11.1 Å². The average Bonchev–Trinajstić information content (AvgIpc) is 3.12. The van der Waals surface area contributed by atoms with E-state index in [1.165, 1.54) is 11.1 Å². The van der Waals surface area contributed by atoms with E-state index < -0.39 is 0 Å². The van der Waals surface area contributed by atoms with Gasteiger partial charge in [-0.25, -0.2) is 0 Å². The van der Waals surface area contributed by atoms with Gasteiger partial charge in [0.1, 0.15) is 0 Å². The lowest BCUT2D eigenvalue weighted by atomic mass is 10.1. The van der Waals surface area contributed by atoms with Gasteiger partial charge in [-0.3, -0.25) is 4.90 Å². The van der Waals surface area contributed by atoms with E-state index in [9.17, 15) is 0 Å². The highest BCUT2D eigenvalue weighted by Gasteiger charge is 2.21. The van der Waals surface area contributed by atoms with Crippen LogP contribution in [0.5, 0.6) is 11.5 Å². The Morgan fingerprint density at radius 3 is 2.42 bits per heavy atom. The molecule has 2 aromatic rings. The maximum Gasteiger partial charge on any atom is 0.231 e. The van der Waals surface area contributed by atoms with E-state index in [-0.39, 0.29) is 0 Å². The fourth-order valence-electron chi connectivity index (χ4n) is 3.46. The third-order valence-electron chi connectivity index (χ3n) is 4.90. The average molecular weight is 324 g/mol. The molecule has 0 N–H and O–H groups in total. The first kappa shape index (κ1) is 15.5. The molecule has 0 atom stereocenters. The first-order chi connectivity index (χ1) is 11.9. The van der Waals surface area contributed by atoms with Crippen molar-refractivity contribution in [2.45, 2.75) is 13.0 Å². The number of para-hydroxylation sites is 1. The van der Waals surface area contributed by atoms with Gasteiger partial charge in [0.05, 0.1) is 0 Å². The molecule has 0 saturated carbocycles. The van der Waals surface area contributed by atoms with Crippen LogP contribution in [-0.4, -0.2) is 49.3 Å². The summed E-state index contributed by atoms with van der Waals surface area (Å²) in [6.45, 7) is 6.94. The van der Waals surface area contributed by atoms with Crippen molar-refractivity contribution >= 4 is 0 Å². The Labute approximate surface area is 143 Å². The van der Waals surface area contributed by atoms with Gasteiger partial charge in [0.15, 0.2) is 11.5 Å². The van der Waals surface area contributed by atoms with E-state index in [0.29, 0.717) is 6.79 Å². The number of benzene rings is 2. The first-order valence-corrected chi connectivity index (χ1v) is 8.74. The van der Waals surface area contributed by atoms with Crippen LogP contribution in [0, 0.1) is 0 Å². The Bertz CT molecular complexity index is 667. The van der Waals surface area contributed by atoms with Crippen molar-refractivity contribution < 1.29 is 9.47 Å². The molecule has 2 aliphatic heterocycles. The summed E-state index contributed by atoms with van der Waals surface area (Å²) in [5, 5.41) is 0. The molecule has 4 heteroatoms. The normalized spacial score (nSPS) is 18.0. The molecule has 1 saturated heterocycles. The van der Waals surface area contributed by atoms with Crippen LogP contribution >= 0.6 is 0 Å². The summed E-state index contributed by atoms with van der Waals surface area (Å²) in [4.78, 5) is 5.08. The van der Waals surface area contributed by atoms with Gasteiger partial charge < -0.3 is 14.4 Å². The molecular formula is C20H24N2O2. The maximum atomic E-state index is 5.62. The monoisotopic (exact) mass is 324 g/mol. The zero-order chi connectivity index (χ0) is 16.2. The van der Waals surface area contributed by atoms with E-state index in [1.54, 1.807) is 0 Å². The predicted octanol–water partition coefficient (Wildman–Crippen LogP) is 2.78. The fraction of sp³-hybridized carbons (Fsp3) is 0.400. The van der Waals surface area contributed by atoms with Gasteiger partial charge in [0, 0.05) is 44.8 Å². The summed E-state index contributed by atoms with van der Waals surface area (Å²) in [6, 6.07) is 16.9. The molecule has 4 nitrogen and oxygen atoms in total. The van der Waals surface area contributed by atoms with Crippen LogP contribution in [-0.2, 0) is 13.0 Å². The molecule has 2 heterocycles. The number of hydrogen-bond donors (Lipinski definition) is 0. The topological polar surface area (TPSA) is 24.9 Å². The highest BCUT2D eigenvalue weighted by Crippen LogP contribution is 2.35. The molecule has 2 aromatic carbocycles. The van der Waals surface area contributed by atoms with Gasteiger partial charge in [0.2, 0.25) is 6.79 Å². The predicted molar refractivity (Wildman–Crippen MR) is 94.4 cm³/mol. The van der Waals surface area contributed by atoms with Crippen molar-refractivity contribution in [1.82, 2.24) is 9.80 Å². The third-order valence-corrected chi connectivity index (χ3v) is 4.90. The lowest BCUT2D eigenvalue weighted by molar-refractivity contribution is 0.126. The van der Waals surface area contributed by atoms with Crippen LogP contribution in [0.3, 0.4) is 0 Å². The summed E-state index contributed by atoms with van der Waals surface area (Å²) in [6.07, 6.45) is 1.14. The Morgan fingerprint density at radius 1 is 0.792 bits per heavy atom. The summed E-state index contributed by atoms with van der Waals surface area (Å²) in [5.41, 5.74) is 2.67. The highest BCUT2D eigenvalue weighted by atomic mass is 16.7. The van der Waals surface area contributed by atoms with E-state index in [2.05, 4.69) is 52.3 Å². The van der Waals surface area contributed by atoms with Crippen LogP contribution in [0.4, 0.5) is 0 Å². The molecule has 0 aromatic heterocycles. The molecule has 0 spiro atoms. The van der Waals surface area contributed by atoms with Crippen molar-refractivity contribution in [3.05, 3.63) is 59.7 Å². The third kappa shape index (κ3) is 3.55. The van der Waals surface area contributed by atoms with E-state index in [1.807, 2.05) is 6.07 Å². The molecule has 4 rings (SSSR count). The molecule has 2 aliphatic rings. The molecule has 0 amide bonds. The number of hydrogen-bond acceptors (Lipinski definition) is 4. The molecule has 0 aliphatic carbocycles. The lowest BCUT2D eigenvalue weighted by Crippen LogP contribution is -2.46. The number of nitrogens with zero attached hydrogens (tertiary/aromatic N) is 2. The first-order valence-electron chi connectivity index (χ1n) is 8.74. The number of rotatable bonds is 5. The van der Waals surface area contributed by atoms with E-state index in [4.69, 9.17) is 9.47 Å². The van der Waals surface area contributed by atoms with Crippen molar-refractivity contribution in [2.24, 2.45) is 0 Å². The molecule has 0 bridgehead atoms. The van der Waals surface area contributed by atoms with Crippen LogP contribution in [0.2, 0.25) is 0 Å². The molecule has 0 unspecified atom stereocenters. The van der Waals surface area contributed by atoms with Gasteiger partial charge in [-0.1, -0.05) is 42.5 Å². The second kappa shape index (κ2) is 7.24. The van der Waals surface area contributed by atoms with E-state index in [0.717, 1.165) is 57.2 Å². The Balaban J connectivity index is 1.27. The second-order valence-corrected chi connectivity index (χ2v) is 6.50. The van der Waals surface area contributed by atoms with Gasteiger partial charge >= 0.3 is 0 Å². The van der Waals surface area contributed by atoms with E-state index >= 15 is 0 Å². The minimum atomic E-state index is 0.347. The fourth-order valence-corrected chi connectivity index (χ4v) is 3.46. The zero-order valence-electron chi connectivity index (χ0n) is 14.0. The molecule has 24 heavy (non-hydrogen) atoms. The smallest absolute Gasteiger partial charge is 0.231 e. The van der Waals surface area contributed by atoms with Crippen LogP contribution in [0.15, 0.2) is 48.5 Å². The summed E-state index contributed by atoms with van der Waals surface area (Å²) in [5.74, 6) is 1.82.